The van der Waals surface area contributed by atoms with Crippen LogP contribution in [0.25, 0.3) is 0 Å². The average molecular weight is 473 g/mol. The summed E-state index contributed by atoms with van der Waals surface area (Å²) in [5.41, 5.74) is -0.532. The van der Waals surface area contributed by atoms with Crippen LogP contribution in [-0.2, 0) is 4.79 Å². The smallest absolute Gasteiger partial charge is 0.310 e. The highest BCUT2D eigenvalue weighted by Crippen LogP contribution is 2.76. The molecule has 0 aliphatic heterocycles. The number of rotatable bonds is 1. The van der Waals surface area contributed by atoms with Crippen molar-refractivity contribution in [3.63, 3.8) is 0 Å². The molecule has 0 bridgehead atoms. The van der Waals surface area contributed by atoms with Gasteiger partial charge in [0, 0.05) is 5.92 Å². The van der Waals surface area contributed by atoms with Gasteiger partial charge in [0.25, 0.3) is 0 Å². The Morgan fingerprint density at radius 2 is 1.59 bits per heavy atom. The fraction of sp³-hybridized carbons (Fsp3) is 0.900. The van der Waals surface area contributed by atoms with Gasteiger partial charge in [-0.05, 0) is 104 Å². The molecule has 10 atom stereocenters. The van der Waals surface area contributed by atoms with Crippen molar-refractivity contribution in [3.8, 4) is 0 Å². The first kappa shape index (κ1) is 24.8. The lowest BCUT2D eigenvalue weighted by Crippen LogP contribution is -2.67. The summed E-state index contributed by atoms with van der Waals surface area (Å²) in [4.78, 5) is 12.8. The third kappa shape index (κ3) is 2.71. The first-order valence-electron chi connectivity index (χ1n) is 13.9. The van der Waals surface area contributed by atoms with E-state index in [0.29, 0.717) is 24.7 Å². The topological polar surface area (TPSA) is 77.8 Å². The second kappa shape index (κ2) is 7.12. The van der Waals surface area contributed by atoms with Crippen LogP contribution in [0.3, 0.4) is 0 Å². The van der Waals surface area contributed by atoms with Crippen LogP contribution in [0, 0.1) is 50.7 Å². The van der Waals surface area contributed by atoms with E-state index in [4.69, 9.17) is 0 Å². The van der Waals surface area contributed by atoms with Gasteiger partial charge in [0.1, 0.15) is 0 Å². The van der Waals surface area contributed by atoms with Crippen LogP contribution in [0.2, 0.25) is 0 Å². The molecule has 5 aliphatic rings. The summed E-state index contributed by atoms with van der Waals surface area (Å²) in [6.45, 7) is 16.0. The Hall–Kier alpha value is -0.870. The summed E-state index contributed by atoms with van der Waals surface area (Å²) in [7, 11) is 0. The molecule has 0 amide bonds. The largest absolute Gasteiger partial charge is 0.481 e. The first-order chi connectivity index (χ1) is 15.6. The van der Waals surface area contributed by atoms with Crippen LogP contribution in [0.15, 0.2) is 11.6 Å². The molecule has 4 fully saturated rings. The summed E-state index contributed by atoms with van der Waals surface area (Å²) in [6.07, 6.45) is 10.3. The lowest BCUT2D eigenvalue weighted by atomic mass is 9.33. The fourth-order valence-corrected chi connectivity index (χ4v) is 10.8. The minimum Gasteiger partial charge on any atom is -0.481 e. The van der Waals surface area contributed by atoms with Gasteiger partial charge in [0.15, 0.2) is 0 Å². The number of carboxylic acids is 1. The van der Waals surface area contributed by atoms with E-state index in [1.165, 1.54) is 5.57 Å². The maximum atomic E-state index is 12.8. The lowest BCUT2D eigenvalue weighted by Gasteiger charge is -2.71. The predicted octanol–water partition coefficient (Wildman–Crippen LogP) is 6.20. The van der Waals surface area contributed by atoms with Crippen molar-refractivity contribution in [2.45, 2.75) is 118 Å². The zero-order valence-electron chi connectivity index (χ0n) is 22.6. The van der Waals surface area contributed by atoms with Gasteiger partial charge in [-0.25, -0.2) is 0 Å². The normalized spacial score (nSPS) is 56.3. The minimum atomic E-state index is -1.01. The van der Waals surface area contributed by atoms with Crippen molar-refractivity contribution in [1.29, 1.82) is 0 Å². The summed E-state index contributed by atoms with van der Waals surface area (Å²) < 4.78 is 0. The van der Waals surface area contributed by atoms with E-state index in [1.54, 1.807) is 0 Å². The summed E-state index contributed by atoms with van der Waals surface area (Å²) >= 11 is 0. The van der Waals surface area contributed by atoms with Crippen molar-refractivity contribution >= 4 is 5.97 Å². The number of aliphatic hydroxyl groups is 2. The van der Waals surface area contributed by atoms with Gasteiger partial charge in [-0.1, -0.05) is 53.2 Å². The Labute approximate surface area is 206 Å². The number of aliphatic hydroxyl groups excluding tert-OH is 1. The van der Waals surface area contributed by atoms with Gasteiger partial charge in [-0.2, -0.15) is 0 Å². The predicted molar refractivity (Wildman–Crippen MR) is 134 cm³/mol. The van der Waals surface area contributed by atoms with Gasteiger partial charge in [0.05, 0.1) is 17.1 Å². The Kier molecular flexibility index (Phi) is 5.20. The molecule has 0 saturated heterocycles. The van der Waals surface area contributed by atoms with E-state index in [-0.39, 0.29) is 39.6 Å². The Bertz CT molecular complexity index is 919. The summed E-state index contributed by atoms with van der Waals surface area (Å²) in [5.74, 6) is 0.0848. The van der Waals surface area contributed by atoms with Crippen molar-refractivity contribution in [3.05, 3.63) is 11.6 Å². The SMILES string of the molecule is CC1CCC2(C(=O)O)CCC3(C)C(=CCC4C5(C)CCC(O)C(C)(C)C5CCC43C)C2C1(C)O. The fourth-order valence-electron chi connectivity index (χ4n) is 10.8. The van der Waals surface area contributed by atoms with E-state index >= 15 is 0 Å². The number of carboxylic acid groups (broad SMARTS) is 1. The maximum Gasteiger partial charge on any atom is 0.310 e. The number of fused-ring (bicyclic) bond motifs is 7. The average Bonchev–Trinajstić information content (AvgIpc) is 2.74. The Morgan fingerprint density at radius 3 is 2.24 bits per heavy atom. The van der Waals surface area contributed by atoms with E-state index in [2.05, 4.69) is 47.6 Å². The molecule has 0 aromatic heterocycles. The van der Waals surface area contributed by atoms with Crippen LogP contribution in [-0.4, -0.2) is 33.0 Å². The molecule has 4 nitrogen and oxygen atoms in total. The van der Waals surface area contributed by atoms with Crippen LogP contribution < -0.4 is 0 Å². The van der Waals surface area contributed by atoms with Gasteiger partial charge in [-0.15, -0.1) is 0 Å². The highest BCUT2D eigenvalue weighted by molar-refractivity contribution is 5.77. The standard InChI is InChI=1S/C30H48O4/c1-18-10-15-30(24(32)33)17-16-27(5)19(23(30)29(18,7)34)8-9-21-26(4)13-12-22(31)25(2,3)20(26)11-14-28(21,27)6/h8,18,20-23,31,34H,9-17H2,1-7H3,(H,32,33). The molecule has 5 rings (SSSR count). The van der Waals surface area contributed by atoms with Crippen LogP contribution in [0.1, 0.15) is 106 Å². The van der Waals surface area contributed by atoms with Crippen LogP contribution in [0.5, 0.6) is 0 Å². The number of carbonyl (C=O) groups is 1. The molecule has 10 unspecified atom stereocenters. The van der Waals surface area contributed by atoms with E-state index in [1.807, 2.05) is 6.92 Å². The van der Waals surface area contributed by atoms with Gasteiger partial charge < -0.3 is 15.3 Å². The lowest BCUT2D eigenvalue weighted by molar-refractivity contribution is -0.217. The van der Waals surface area contributed by atoms with E-state index in [0.717, 1.165) is 44.9 Å². The third-order valence-electron chi connectivity index (χ3n) is 13.5. The Morgan fingerprint density at radius 1 is 0.912 bits per heavy atom. The molecule has 34 heavy (non-hydrogen) atoms. The molecule has 0 spiro atoms. The molecule has 0 radical (unpaired) electrons. The monoisotopic (exact) mass is 472 g/mol. The molecule has 0 aromatic carbocycles. The van der Waals surface area contributed by atoms with E-state index < -0.39 is 17.0 Å². The summed E-state index contributed by atoms with van der Waals surface area (Å²) in [5, 5.41) is 33.3. The molecule has 4 saturated carbocycles. The second-order valence-electron chi connectivity index (χ2n) is 14.7. The zero-order valence-corrected chi connectivity index (χ0v) is 22.6. The van der Waals surface area contributed by atoms with Gasteiger partial charge in [0.2, 0.25) is 0 Å². The number of hydrogen-bond acceptors (Lipinski definition) is 3. The maximum absolute atomic E-state index is 12.8. The number of aliphatic carboxylic acids is 1. The van der Waals surface area contributed by atoms with Crippen molar-refractivity contribution in [2.75, 3.05) is 0 Å². The van der Waals surface area contributed by atoms with Crippen molar-refractivity contribution in [2.24, 2.45) is 50.7 Å². The molecular weight excluding hydrogens is 424 g/mol. The van der Waals surface area contributed by atoms with Crippen molar-refractivity contribution < 1.29 is 20.1 Å². The Balaban J connectivity index is 1.64. The quantitative estimate of drug-likeness (QED) is 0.397. The molecule has 4 heteroatoms. The first-order valence-corrected chi connectivity index (χ1v) is 13.9. The molecule has 0 aromatic rings. The van der Waals surface area contributed by atoms with Crippen LogP contribution >= 0.6 is 0 Å². The van der Waals surface area contributed by atoms with Gasteiger partial charge >= 0.3 is 5.97 Å². The molecule has 192 valence electrons. The highest BCUT2D eigenvalue weighted by Gasteiger charge is 2.71. The molecule has 5 aliphatic carbocycles. The molecule has 3 N–H and O–H groups in total. The molecular formula is C30H48O4. The highest BCUT2D eigenvalue weighted by atomic mass is 16.4. The van der Waals surface area contributed by atoms with Gasteiger partial charge in [-0.3, -0.25) is 4.79 Å². The van der Waals surface area contributed by atoms with E-state index in [9.17, 15) is 20.1 Å². The molecule has 0 heterocycles. The second-order valence-corrected chi connectivity index (χ2v) is 14.7. The zero-order chi connectivity index (χ0) is 25.1. The number of allylic oxidation sites excluding steroid dienone is 1. The summed E-state index contributed by atoms with van der Waals surface area (Å²) in [6, 6.07) is 0. The third-order valence-corrected chi connectivity index (χ3v) is 13.5. The van der Waals surface area contributed by atoms with Crippen LogP contribution in [0.4, 0.5) is 0 Å². The number of hydrogen-bond donors (Lipinski definition) is 3. The minimum absolute atomic E-state index is 0.0716. The van der Waals surface area contributed by atoms with Crippen molar-refractivity contribution in [1.82, 2.24) is 0 Å².